The molecular formula is C14H18F3NO2. The Labute approximate surface area is 115 Å². The number of halogens is 3. The maximum atomic E-state index is 12.7. The van der Waals surface area contributed by atoms with Gasteiger partial charge in [-0.15, -0.1) is 0 Å². The van der Waals surface area contributed by atoms with Crippen molar-refractivity contribution >= 4 is 5.91 Å². The average molecular weight is 289 g/mol. The fourth-order valence-corrected chi connectivity index (χ4v) is 1.88. The first-order valence-corrected chi connectivity index (χ1v) is 6.38. The highest BCUT2D eigenvalue weighted by atomic mass is 19.4. The zero-order valence-electron chi connectivity index (χ0n) is 11.4. The van der Waals surface area contributed by atoms with Crippen LogP contribution in [0.1, 0.15) is 37.3 Å². The third-order valence-corrected chi connectivity index (χ3v) is 2.91. The van der Waals surface area contributed by atoms with E-state index in [0.717, 1.165) is 12.1 Å². The molecule has 0 aliphatic heterocycles. The van der Waals surface area contributed by atoms with Crippen molar-refractivity contribution in [3.8, 4) is 0 Å². The molecular weight excluding hydrogens is 271 g/mol. The van der Waals surface area contributed by atoms with E-state index in [1.54, 1.807) is 6.92 Å². The summed E-state index contributed by atoms with van der Waals surface area (Å²) in [4.78, 5) is 11.9. The van der Waals surface area contributed by atoms with Crippen LogP contribution in [0.15, 0.2) is 24.3 Å². The van der Waals surface area contributed by atoms with Gasteiger partial charge < -0.3 is 10.4 Å². The second-order valence-corrected chi connectivity index (χ2v) is 4.68. The Kier molecular flexibility index (Phi) is 5.56. The summed E-state index contributed by atoms with van der Waals surface area (Å²) in [6.45, 7) is 3.33. The van der Waals surface area contributed by atoms with Crippen LogP contribution in [0, 0.1) is 0 Å². The van der Waals surface area contributed by atoms with E-state index >= 15 is 0 Å². The van der Waals surface area contributed by atoms with Crippen LogP contribution in [-0.4, -0.2) is 23.7 Å². The van der Waals surface area contributed by atoms with Gasteiger partial charge in [-0.05, 0) is 25.0 Å². The SMILES string of the molecule is CCC(C(=O)NCC(C)O)c1cccc(C(F)(F)F)c1. The molecule has 0 heterocycles. The van der Waals surface area contributed by atoms with Crippen molar-refractivity contribution in [1.82, 2.24) is 5.32 Å². The largest absolute Gasteiger partial charge is 0.416 e. The van der Waals surface area contributed by atoms with E-state index in [2.05, 4.69) is 5.32 Å². The Morgan fingerprint density at radius 3 is 2.55 bits per heavy atom. The van der Waals surface area contributed by atoms with Gasteiger partial charge in [-0.25, -0.2) is 0 Å². The fourth-order valence-electron chi connectivity index (χ4n) is 1.88. The van der Waals surface area contributed by atoms with Crippen LogP contribution < -0.4 is 5.32 Å². The zero-order valence-corrected chi connectivity index (χ0v) is 11.4. The van der Waals surface area contributed by atoms with Crippen LogP contribution in [0.2, 0.25) is 0 Å². The Bertz CT molecular complexity index is 458. The molecule has 6 heteroatoms. The highest BCUT2D eigenvalue weighted by Gasteiger charge is 2.31. The van der Waals surface area contributed by atoms with E-state index in [1.807, 2.05) is 0 Å². The summed E-state index contributed by atoms with van der Waals surface area (Å²) in [5.74, 6) is -1.04. The maximum absolute atomic E-state index is 12.7. The molecule has 2 unspecified atom stereocenters. The third kappa shape index (κ3) is 4.52. The third-order valence-electron chi connectivity index (χ3n) is 2.91. The summed E-state index contributed by atoms with van der Waals surface area (Å²) in [7, 11) is 0. The minimum Gasteiger partial charge on any atom is -0.392 e. The van der Waals surface area contributed by atoms with Crippen LogP contribution in [0.3, 0.4) is 0 Å². The topological polar surface area (TPSA) is 49.3 Å². The van der Waals surface area contributed by atoms with Gasteiger partial charge in [-0.3, -0.25) is 4.79 Å². The van der Waals surface area contributed by atoms with Gasteiger partial charge in [0, 0.05) is 6.54 Å². The van der Waals surface area contributed by atoms with Gasteiger partial charge >= 0.3 is 6.18 Å². The zero-order chi connectivity index (χ0) is 15.3. The van der Waals surface area contributed by atoms with E-state index in [0.29, 0.717) is 12.0 Å². The Hall–Kier alpha value is -1.56. The molecule has 20 heavy (non-hydrogen) atoms. The lowest BCUT2D eigenvalue weighted by atomic mass is 9.94. The van der Waals surface area contributed by atoms with Gasteiger partial charge in [0.05, 0.1) is 17.6 Å². The van der Waals surface area contributed by atoms with Gasteiger partial charge in [0.15, 0.2) is 0 Å². The summed E-state index contributed by atoms with van der Waals surface area (Å²) in [5, 5.41) is 11.6. The summed E-state index contributed by atoms with van der Waals surface area (Å²) < 4.78 is 38.0. The van der Waals surface area contributed by atoms with Crippen molar-refractivity contribution < 1.29 is 23.1 Å². The maximum Gasteiger partial charge on any atom is 0.416 e. The monoisotopic (exact) mass is 289 g/mol. The van der Waals surface area contributed by atoms with Crippen molar-refractivity contribution in [2.75, 3.05) is 6.54 Å². The van der Waals surface area contributed by atoms with Crippen molar-refractivity contribution in [2.45, 2.75) is 38.5 Å². The number of rotatable bonds is 5. The number of hydrogen-bond acceptors (Lipinski definition) is 2. The van der Waals surface area contributed by atoms with Crippen molar-refractivity contribution in [2.24, 2.45) is 0 Å². The number of carbonyl (C=O) groups is 1. The van der Waals surface area contributed by atoms with Gasteiger partial charge in [0.2, 0.25) is 5.91 Å². The fraction of sp³-hybridized carbons (Fsp3) is 0.500. The van der Waals surface area contributed by atoms with Crippen LogP contribution in [0.5, 0.6) is 0 Å². The predicted octanol–water partition coefficient (Wildman–Crippen LogP) is 2.70. The molecule has 112 valence electrons. The summed E-state index contributed by atoms with van der Waals surface area (Å²) >= 11 is 0. The van der Waals surface area contributed by atoms with Gasteiger partial charge in [0.1, 0.15) is 0 Å². The Morgan fingerprint density at radius 1 is 1.40 bits per heavy atom. The molecule has 1 rings (SSSR count). The lowest BCUT2D eigenvalue weighted by Gasteiger charge is -2.17. The van der Waals surface area contributed by atoms with E-state index in [1.165, 1.54) is 19.1 Å². The van der Waals surface area contributed by atoms with Crippen molar-refractivity contribution in [3.05, 3.63) is 35.4 Å². The summed E-state index contributed by atoms with van der Waals surface area (Å²) in [5.41, 5.74) is -0.442. The minimum absolute atomic E-state index is 0.0777. The minimum atomic E-state index is -4.43. The molecule has 1 amide bonds. The molecule has 0 bridgehead atoms. The molecule has 1 aromatic rings. The number of amides is 1. The highest BCUT2D eigenvalue weighted by molar-refractivity contribution is 5.83. The molecule has 2 atom stereocenters. The molecule has 0 saturated heterocycles. The van der Waals surface area contributed by atoms with Crippen LogP contribution in [0.25, 0.3) is 0 Å². The first-order chi connectivity index (χ1) is 9.25. The van der Waals surface area contributed by atoms with E-state index in [-0.39, 0.29) is 12.5 Å². The van der Waals surface area contributed by atoms with Crippen molar-refractivity contribution in [1.29, 1.82) is 0 Å². The first kappa shape index (κ1) is 16.5. The summed E-state index contributed by atoms with van der Waals surface area (Å²) in [6.07, 6.45) is -4.74. The number of benzene rings is 1. The number of aliphatic hydroxyl groups excluding tert-OH is 1. The first-order valence-electron chi connectivity index (χ1n) is 6.38. The van der Waals surface area contributed by atoms with Gasteiger partial charge in [-0.1, -0.05) is 25.1 Å². The number of carbonyl (C=O) groups excluding carboxylic acids is 1. The molecule has 3 nitrogen and oxygen atoms in total. The second-order valence-electron chi connectivity index (χ2n) is 4.68. The highest BCUT2D eigenvalue weighted by Crippen LogP contribution is 2.31. The predicted molar refractivity (Wildman–Crippen MR) is 69.2 cm³/mol. The van der Waals surface area contributed by atoms with Crippen molar-refractivity contribution in [3.63, 3.8) is 0 Å². The normalized spacial score (nSPS) is 14.7. The molecule has 0 spiro atoms. The number of hydrogen-bond donors (Lipinski definition) is 2. The van der Waals surface area contributed by atoms with E-state index < -0.39 is 23.8 Å². The number of aliphatic hydroxyl groups is 1. The molecule has 0 radical (unpaired) electrons. The van der Waals surface area contributed by atoms with Crippen LogP contribution >= 0.6 is 0 Å². The standard InChI is InChI=1S/C14H18F3NO2/c1-3-12(13(20)18-8-9(2)19)10-5-4-6-11(7-10)14(15,16)17/h4-7,9,12,19H,3,8H2,1-2H3,(H,18,20). The number of nitrogens with one attached hydrogen (secondary N) is 1. The second kappa shape index (κ2) is 6.74. The summed E-state index contributed by atoms with van der Waals surface area (Å²) in [6, 6.07) is 4.77. The lowest BCUT2D eigenvalue weighted by Crippen LogP contribution is -2.34. The molecule has 0 saturated carbocycles. The van der Waals surface area contributed by atoms with Crippen LogP contribution in [-0.2, 0) is 11.0 Å². The quantitative estimate of drug-likeness (QED) is 0.875. The lowest BCUT2D eigenvalue weighted by molar-refractivity contribution is -0.137. The van der Waals surface area contributed by atoms with Crippen LogP contribution in [0.4, 0.5) is 13.2 Å². The smallest absolute Gasteiger partial charge is 0.392 e. The molecule has 0 fully saturated rings. The van der Waals surface area contributed by atoms with E-state index in [9.17, 15) is 18.0 Å². The molecule has 0 aromatic heterocycles. The van der Waals surface area contributed by atoms with Gasteiger partial charge in [0.25, 0.3) is 0 Å². The number of alkyl halides is 3. The molecule has 0 aliphatic rings. The van der Waals surface area contributed by atoms with E-state index in [4.69, 9.17) is 5.11 Å². The van der Waals surface area contributed by atoms with Gasteiger partial charge in [-0.2, -0.15) is 13.2 Å². The Morgan fingerprint density at radius 2 is 2.05 bits per heavy atom. The average Bonchev–Trinajstić information content (AvgIpc) is 2.36. The molecule has 2 N–H and O–H groups in total. The molecule has 1 aromatic carbocycles. The Balaban J connectivity index is 2.92. The molecule has 0 aliphatic carbocycles.